The van der Waals surface area contributed by atoms with Gasteiger partial charge >= 0.3 is 0 Å². The van der Waals surface area contributed by atoms with E-state index >= 15 is 0 Å². The highest BCUT2D eigenvalue weighted by atomic mass is 35.5. The van der Waals surface area contributed by atoms with Gasteiger partial charge in [-0.25, -0.2) is 0 Å². The quantitative estimate of drug-likeness (QED) is 0.902. The van der Waals surface area contributed by atoms with Gasteiger partial charge in [0.05, 0.1) is 6.61 Å². The van der Waals surface area contributed by atoms with Gasteiger partial charge in [-0.15, -0.1) is 10.2 Å². The second-order valence-electron chi connectivity index (χ2n) is 4.09. The Morgan fingerprint density at radius 3 is 2.72 bits per heavy atom. The van der Waals surface area contributed by atoms with Crippen molar-refractivity contribution >= 4 is 28.2 Å². The molecule has 4 nitrogen and oxygen atoms in total. The van der Waals surface area contributed by atoms with E-state index in [2.05, 4.69) is 15.5 Å². The molecule has 0 amide bonds. The van der Waals surface area contributed by atoms with Gasteiger partial charge in [-0.3, -0.25) is 0 Å². The van der Waals surface area contributed by atoms with Crippen LogP contribution in [0.2, 0.25) is 5.15 Å². The van der Waals surface area contributed by atoms with Gasteiger partial charge in [-0.1, -0.05) is 35.9 Å². The number of rotatable bonds is 5. The zero-order valence-electron chi connectivity index (χ0n) is 10.5. The van der Waals surface area contributed by atoms with Crippen molar-refractivity contribution < 1.29 is 4.74 Å². The minimum atomic E-state index is 0.170. The summed E-state index contributed by atoms with van der Waals surface area (Å²) in [5, 5.41) is 13.6. The third-order valence-corrected chi connectivity index (χ3v) is 2.88. The molecular formula is C13H16ClN3O. The molecular weight excluding hydrogens is 250 g/mol. The van der Waals surface area contributed by atoms with E-state index in [-0.39, 0.29) is 6.04 Å². The number of anilines is 1. The number of fused-ring (bicyclic) bond motifs is 1. The van der Waals surface area contributed by atoms with Gasteiger partial charge in [-0.05, 0) is 13.8 Å². The first kappa shape index (κ1) is 13.1. The Labute approximate surface area is 111 Å². The molecule has 0 bridgehead atoms. The Hall–Kier alpha value is -1.39. The van der Waals surface area contributed by atoms with Crippen LogP contribution < -0.4 is 5.32 Å². The Kier molecular flexibility index (Phi) is 4.33. The first-order chi connectivity index (χ1) is 8.72. The minimum Gasteiger partial charge on any atom is -0.380 e. The van der Waals surface area contributed by atoms with E-state index in [9.17, 15) is 0 Å². The molecule has 2 rings (SSSR count). The summed E-state index contributed by atoms with van der Waals surface area (Å²) >= 11 is 6.02. The summed E-state index contributed by atoms with van der Waals surface area (Å²) in [6.45, 7) is 5.36. The van der Waals surface area contributed by atoms with Crippen LogP contribution in [0.3, 0.4) is 0 Å². The lowest BCUT2D eigenvalue weighted by Gasteiger charge is -2.15. The predicted octanol–water partition coefficient (Wildman–Crippen LogP) is 3.12. The van der Waals surface area contributed by atoms with Crippen molar-refractivity contribution in [1.29, 1.82) is 0 Å². The molecule has 0 saturated heterocycles. The Morgan fingerprint density at radius 1 is 1.28 bits per heavy atom. The Balaban J connectivity index is 2.26. The van der Waals surface area contributed by atoms with Crippen LogP contribution in [-0.2, 0) is 4.74 Å². The number of hydrogen-bond acceptors (Lipinski definition) is 4. The van der Waals surface area contributed by atoms with Crippen molar-refractivity contribution in [1.82, 2.24) is 10.2 Å². The summed E-state index contributed by atoms with van der Waals surface area (Å²) in [6.07, 6.45) is 0. The van der Waals surface area contributed by atoms with E-state index in [1.807, 2.05) is 38.1 Å². The van der Waals surface area contributed by atoms with E-state index < -0.39 is 0 Å². The highest BCUT2D eigenvalue weighted by Crippen LogP contribution is 2.25. The SMILES string of the molecule is CCOCC(C)Nc1nnc(Cl)c2ccccc12. The topological polar surface area (TPSA) is 47.0 Å². The van der Waals surface area contributed by atoms with Crippen LogP contribution in [0.15, 0.2) is 24.3 Å². The Bertz CT molecular complexity index is 533. The molecule has 0 aliphatic heterocycles. The summed E-state index contributed by atoms with van der Waals surface area (Å²) in [5.74, 6) is 0.738. The number of ether oxygens (including phenoxy) is 1. The third kappa shape index (κ3) is 2.89. The van der Waals surface area contributed by atoms with Crippen molar-refractivity contribution in [3.8, 4) is 0 Å². The number of aromatic nitrogens is 2. The van der Waals surface area contributed by atoms with Gasteiger partial charge in [0.15, 0.2) is 11.0 Å². The summed E-state index contributed by atoms with van der Waals surface area (Å²) < 4.78 is 5.37. The molecule has 0 saturated carbocycles. The van der Waals surface area contributed by atoms with Crippen LogP contribution in [0.25, 0.3) is 10.8 Å². The predicted molar refractivity (Wildman–Crippen MR) is 74.1 cm³/mol. The van der Waals surface area contributed by atoms with E-state index in [1.54, 1.807) is 0 Å². The zero-order chi connectivity index (χ0) is 13.0. The van der Waals surface area contributed by atoms with Crippen molar-refractivity contribution in [2.24, 2.45) is 0 Å². The van der Waals surface area contributed by atoms with Crippen molar-refractivity contribution in [3.05, 3.63) is 29.4 Å². The number of hydrogen-bond donors (Lipinski definition) is 1. The first-order valence-electron chi connectivity index (χ1n) is 5.97. The average Bonchev–Trinajstić information content (AvgIpc) is 2.40. The number of halogens is 1. The van der Waals surface area contributed by atoms with E-state index in [1.165, 1.54) is 0 Å². The largest absolute Gasteiger partial charge is 0.380 e. The summed E-state index contributed by atoms with van der Waals surface area (Å²) in [7, 11) is 0. The summed E-state index contributed by atoms with van der Waals surface area (Å²) in [6, 6.07) is 7.97. The number of nitrogens with one attached hydrogen (secondary N) is 1. The van der Waals surface area contributed by atoms with Crippen LogP contribution in [0, 0.1) is 0 Å². The molecule has 1 aromatic heterocycles. The average molecular weight is 266 g/mol. The smallest absolute Gasteiger partial charge is 0.159 e. The second-order valence-corrected chi connectivity index (χ2v) is 4.45. The molecule has 0 fully saturated rings. The van der Waals surface area contributed by atoms with E-state index in [0.29, 0.717) is 18.4 Å². The molecule has 0 aliphatic rings. The highest BCUT2D eigenvalue weighted by Gasteiger charge is 2.09. The molecule has 0 radical (unpaired) electrons. The molecule has 5 heteroatoms. The fourth-order valence-corrected chi connectivity index (χ4v) is 1.95. The fraction of sp³-hybridized carbons (Fsp3) is 0.385. The molecule has 1 unspecified atom stereocenters. The number of nitrogens with zero attached hydrogens (tertiary/aromatic N) is 2. The van der Waals surface area contributed by atoms with Gasteiger partial charge in [0.25, 0.3) is 0 Å². The van der Waals surface area contributed by atoms with Gasteiger partial charge in [0, 0.05) is 23.4 Å². The van der Waals surface area contributed by atoms with Crippen molar-refractivity contribution in [2.75, 3.05) is 18.5 Å². The van der Waals surface area contributed by atoms with Crippen LogP contribution >= 0.6 is 11.6 Å². The zero-order valence-corrected chi connectivity index (χ0v) is 11.2. The first-order valence-corrected chi connectivity index (χ1v) is 6.35. The third-order valence-electron chi connectivity index (χ3n) is 2.60. The summed E-state index contributed by atoms with van der Waals surface area (Å²) in [5.41, 5.74) is 0. The number of benzene rings is 1. The molecule has 1 heterocycles. The fourth-order valence-electron chi connectivity index (χ4n) is 1.75. The standard InChI is InChI=1S/C13H16ClN3O/c1-3-18-8-9(2)15-13-11-7-5-4-6-10(11)12(14)16-17-13/h4-7,9H,3,8H2,1-2H3,(H,15,17). The van der Waals surface area contributed by atoms with Crippen LogP contribution in [-0.4, -0.2) is 29.5 Å². The molecule has 1 aromatic carbocycles. The van der Waals surface area contributed by atoms with Crippen molar-refractivity contribution in [2.45, 2.75) is 19.9 Å². The molecule has 0 spiro atoms. The molecule has 2 aromatic rings. The van der Waals surface area contributed by atoms with Crippen molar-refractivity contribution in [3.63, 3.8) is 0 Å². The molecule has 1 atom stereocenters. The van der Waals surface area contributed by atoms with Gasteiger partial charge < -0.3 is 10.1 Å². The lowest BCUT2D eigenvalue weighted by Crippen LogP contribution is -2.22. The maximum atomic E-state index is 6.02. The van der Waals surface area contributed by atoms with Crippen LogP contribution in [0.4, 0.5) is 5.82 Å². The van der Waals surface area contributed by atoms with Gasteiger partial charge in [0.2, 0.25) is 0 Å². The summed E-state index contributed by atoms with van der Waals surface area (Å²) in [4.78, 5) is 0. The van der Waals surface area contributed by atoms with Gasteiger partial charge in [-0.2, -0.15) is 0 Å². The Morgan fingerprint density at radius 2 is 2.00 bits per heavy atom. The van der Waals surface area contributed by atoms with E-state index in [0.717, 1.165) is 16.6 Å². The second kappa shape index (κ2) is 5.98. The van der Waals surface area contributed by atoms with Crippen LogP contribution in [0.1, 0.15) is 13.8 Å². The molecule has 18 heavy (non-hydrogen) atoms. The molecule has 1 N–H and O–H groups in total. The normalized spacial score (nSPS) is 12.6. The van der Waals surface area contributed by atoms with Gasteiger partial charge in [0.1, 0.15) is 0 Å². The lowest BCUT2D eigenvalue weighted by molar-refractivity contribution is 0.141. The van der Waals surface area contributed by atoms with E-state index in [4.69, 9.17) is 16.3 Å². The maximum Gasteiger partial charge on any atom is 0.159 e. The minimum absolute atomic E-state index is 0.170. The molecule has 0 aliphatic carbocycles. The highest BCUT2D eigenvalue weighted by molar-refractivity contribution is 6.34. The van der Waals surface area contributed by atoms with Crippen LogP contribution in [0.5, 0.6) is 0 Å². The molecule has 96 valence electrons. The lowest BCUT2D eigenvalue weighted by atomic mass is 10.2. The monoisotopic (exact) mass is 265 g/mol. The maximum absolute atomic E-state index is 6.02.